The summed E-state index contributed by atoms with van der Waals surface area (Å²) in [5.41, 5.74) is 3.23. The van der Waals surface area contributed by atoms with Gasteiger partial charge in [0.05, 0.1) is 5.02 Å². The molecule has 34 heavy (non-hydrogen) atoms. The van der Waals surface area contributed by atoms with E-state index in [1.165, 1.54) is 0 Å². The number of nitrogens with zero attached hydrogens (tertiary/aromatic N) is 2. The zero-order chi connectivity index (χ0) is 23.7. The molecule has 5 rings (SSSR count). The molecule has 1 saturated heterocycles. The van der Waals surface area contributed by atoms with Crippen LogP contribution in [0.5, 0.6) is 0 Å². The van der Waals surface area contributed by atoms with E-state index in [2.05, 4.69) is 15.2 Å². The largest absolute Gasteiger partial charge is 0.423 e. The number of aliphatic hydroxyl groups is 1. The predicted octanol–water partition coefficient (Wildman–Crippen LogP) is 5.69. The minimum atomic E-state index is 0.00100. The number of carbonyl (C=O) groups is 1. The molecular weight excluding hydrogens is 473 g/mol. The first-order valence-electron chi connectivity index (χ1n) is 12.0. The number of piperidine rings is 1. The molecule has 2 atom stereocenters. The number of nitrogens with one attached hydrogen (secondary N) is 1. The molecule has 2 fully saturated rings. The minimum Gasteiger partial charge on any atom is -0.423 e. The van der Waals surface area contributed by atoms with Gasteiger partial charge in [0.1, 0.15) is 5.52 Å². The average molecular weight is 502 g/mol. The fourth-order valence-electron chi connectivity index (χ4n) is 5.16. The fraction of sp³-hybridized carbons (Fsp3) is 0.462. The number of oxazole rings is 1. The Balaban J connectivity index is 1.23. The third-order valence-corrected chi connectivity index (χ3v) is 7.71. The van der Waals surface area contributed by atoms with Crippen LogP contribution >= 0.6 is 23.2 Å². The Hall–Kier alpha value is -2.28. The third kappa shape index (κ3) is 5.04. The molecule has 1 aromatic heterocycles. The van der Waals surface area contributed by atoms with Crippen LogP contribution in [-0.4, -0.2) is 41.7 Å². The van der Waals surface area contributed by atoms with Crippen molar-refractivity contribution in [3.05, 3.63) is 46.4 Å². The number of rotatable bonds is 5. The Morgan fingerprint density at radius 2 is 1.88 bits per heavy atom. The summed E-state index contributed by atoms with van der Waals surface area (Å²) in [5.74, 6) is 0.454. The molecule has 1 aliphatic heterocycles. The molecule has 1 unspecified atom stereocenters. The second-order valence-corrected chi connectivity index (χ2v) is 10.3. The Morgan fingerprint density at radius 1 is 1.12 bits per heavy atom. The lowest BCUT2D eigenvalue weighted by atomic mass is 9.85. The van der Waals surface area contributed by atoms with Crippen LogP contribution in [0.25, 0.3) is 22.2 Å². The fourth-order valence-corrected chi connectivity index (χ4v) is 5.56. The highest BCUT2D eigenvalue weighted by molar-refractivity contribution is 6.34. The van der Waals surface area contributed by atoms with Crippen LogP contribution in [0, 0.1) is 11.8 Å². The monoisotopic (exact) mass is 501 g/mol. The van der Waals surface area contributed by atoms with Crippen molar-refractivity contribution in [2.24, 2.45) is 11.8 Å². The molecule has 2 aromatic carbocycles. The van der Waals surface area contributed by atoms with Gasteiger partial charge in [-0.25, -0.2) is 0 Å². The Bertz CT molecular complexity index is 1160. The smallest absolute Gasteiger partial charge is 0.298 e. The highest BCUT2D eigenvalue weighted by Gasteiger charge is 2.30. The second kappa shape index (κ2) is 10.1. The zero-order valence-electron chi connectivity index (χ0n) is 19.0. The maximum Gasteiger partial charge on any atom is 0.298 e. The maximum atomic E-state index is 12.8. The van der Waals surface area contributed by atoms with Crippen LogP contribution in [0.4, 0.5) is 6.01 Å². The maximum absolute atomic E-state index is 12.8. The van der Waals surface area contributed by atoms with Gasteiger partial charge in [0.15, 0.2) is 5.58 Å². The molecular formula is C26H29Cl2N3O3. The van der Waals surface area contributed by atoms with Crippen molar-refractivity contribution >= 4 is 46.2 Å². The lowest BCUT2D eigenvalue weighted by Gasteiger charge is -2.33. The summed E-state index contributed by atoms with van der Waals surface area (Å²) in [6.45, 7) is 1.64. The van der Waals surface area contributed by atoms with Crippen molar-refractivity contribution in [3.8, 4) is 11.1 Å². The van der Waals surface area contributed by atoms with Gasteiger partial charge in [0, 0.05) is 42.2 Å². The highest BCUT2D eigenvalue weighted by Crippen LogP contribution is 2.35. The van der Waals surface area contributed by atoms with Crippen molar-refractivity contribution in [1.29, 1.82) is 0 Å². The van der Waals surface area contributed by atoms with Gasteiger partial charge in [-0.2, -0.15) is 4.98 Å². The van der Waals surface area contributed by atoms with E-state index in [4.69, 9.17) is 27.6 Å². The van der Waals surface area contributed by atoms with Crippen molar-refractivity contribution in [1.82, 2.24) is 10.3 Å². The molecule has 2 N–H and O–H groups in total. The van der Waals surface area contributed by atoms with E-state index in [-0.39, 0.29) is 24.5 Å². The van der Waals surface area contributed by atoms with E-state index in [1.807, 2.05) is 36.4 Å². The van der Waals surface area contributed by atoms with Crippen LogP contribution in [0.2, 0.25) is 10.0 Å². The minimum absolute atomic E-state index is 0.00100. The van der Waals surface area contributed by atoms with Crippen LogP contribution in [0.1, 0.15) is 38.5 Å². The molecule has 0 bridgehead atoms. The van der Waals surface area contributed by atoms with Gasteiger partial charge in [-0.15, -0.1) is 0 Å². The topological polar surface area (TPSA) is 78.6 Å². The molecule has 0 spiro atoms. The number of carbonyl (C=O) groups excluding carboxylic acids is 1. The Morgan fingerprint density at radius 3 is 2.62 bits per heavy atom. The number of anilines is 1. The summed E-state index contributed by atoms with van der Waals surface area (Å²) in [6, 6.07) is 12.0. The molecule has 1 aliphatic carbocycles. The summed E-state index contributed by atoms with van der Waals surface area (Å²) in [5, 5.41) is 13.9. The van der Waals surface area contributed by atoms with E-state index in [1.54, 1.807) is 0 Å². The Kier molecular flexibility index (Phi) is 7.00. The summed E-state index contributed by atoms with van der Waals surface area (Å²) < 4.78 is 6.10. The Labute approximate surface area is 209 Å². The van der Waals surface area contributed by atoms with Gasteiger partial charge in [0.2, 0.25) is 5.91 Å². The van der Waals surface area contributed by atoms with Crippen molar-refractivity contribution < 1.29 is 14.3 Å². The van der Waals surface area contributed by atoms with Crippen molar-refractivity contribution in [3.63, 3.8) is 0 Å². The van der Waals surface area contributed by atoms with Gasteiger partial charge >= 0.3 is 0 Å². The summed E-state index contributed by atoms with van der Waals surface area (Å²) in [6.07, 6.45) is 5.53. The van der Waals surface area contributed by atoms with Crippen LogP contribution in [-0.2, 0) is 4.79 Å². The number of hydrogen-bond donors (Lipinski definition) is 2. The molecule has 3 aromatic rings. The summed E-state index contributed by atoms with van der Waals surface area (Å²) in [4.78, 5) is 19.6. The van der Waals surface area contributed by atoms with E-state index >= 15 is 0 Å². The van der Waals surface area contributed by atoms with Gasteiger partial charge in [-0.1, -0.05) is 41.8 Å². The normalized spacial score (nSPS) is 21.7. The molecule has 0 radical (unpaired) electrons. The van der Waals surface area contributed by atoms with Gasteiger partial charge in [-0.3, -0.25) is 4.79 Å². The average Bonchev–Trinajstić information content (AvgIpc) is 3.27. The standard InChI is InChI=1S/C26H29Cl2N3O3/c27-19-6-4-17(5-7-19)21-13-24-23(14-22(21)28)30-26(34-24)31-10-8-18(9-11-31)25(33)29-20-3-1-2-16(12-20)15-32/h4-7,13-14,16,18,20,32H,1-3,8-12,15H2,(H,29,33)/t16-,20?/m0/s1. The van der Waals surface area contributed by atoms with Gasteiger partial charge < -0.3 is 19.7 Å². The lowest BCUT2D eigenvalue weighted by Crippen LogP contribution is -2.45. The highest BCUT2D eigenvalue weighted by atomic mass is 35.5. The number of fused-ring (bicyclic) bond motifs is 1. The number of benzene rings is 2. The molecule has 2 aliphatic rings. The van der Waals surface area contributed by atoms with Crippen LogP contribution in [0.15, 0.2) is 40.8 Å². The quantitative estimate of drug-likeness (QED) is 0.469. The number of aliphatic hydroxyl groups excluding tert-OH is 1. The number of amides is 1. The van der Waals surface area contributed by atoms with E-state index in [9.17, 15) is 9.90 Å². The number of hydrogen-bond acceptors (Lipinski definition) is 5. The van der Waals surface area contributed by atoms with E-state index in [0.717, 1.165) is 49.7 Å². The SMILES string of the molecule is O=C(NC1CCC[C@H](CO)C1)C1CCN(c2nc3cc(Cl)c(-c4ccc(Cl)cc4)cc3o2)CC1. The number of aromatic nitrogens is 1. The molecule has 8 heteroatoms. The second-order valence-electron chi connectivity index (χ2n) is 9.49. The zero-order valence-corrected chi connectivity index (χ0v) is 20.5. The summed E-state index contributed by atoms with van der Waals surface area (Å²) >= 11 is 12.6. The van der Waals surface area contributed by atoms with Crippen LogP contribution in [0.3, 0.4) is 0 Å². The van der Waals surface area contributed by atoms with E-state index < -0.39 is 0 Å². The lowest BCUT2D eigenvalue weighted by molar-refractivity contribution is -0.126. The predicted molar refractivity (Wildman–Crippen MR) is 135 cm³/mol. The first-order valence-corrected chi connectivity index (χ1v) is 12.8. The third-order valence-electron chi connectivity index (χ3n) is 7.14. The van der Waals surface area contributed by atoms with Gasteiger partial charge in [0.25, 0.3) is 6.01 Å². The van der Waals surface area contributed by atoms with Crippen LogP contribution < -0.4 is 10.2 Å². The molecule has 180 valence electrons. The molecule has 1 saturated carbocycles. The molecule has 6 nitrogen and oxygen atoms in total. The number of halogens is 2. The molecule has 2 heterocycles. The van der Waals surface area contributed by atoms with E-state index in [0.29, 0.717) is 46.2 Å². The van der Waals surface area contributed by atoms with Gasteiger partial charge in [-0.05, 0) is 67.9 Å². The van der Waals surface area contributed by atoms with Crippen molar-refractivity contribution in [2.75, 3.05) is 24.6 Å². The first-order chi connectivity index (χ1) is 16.5. The molecule has 1 amide bonds. The first kappa shape index (κ1) is 23.5. The summed E-state index contributed by atoms with van der Waals surface area (Å²) in [7, 11) is 0. The van der Waals surface area contributed by atoms with Crippen molar-refractivity contribution in [2.45, 2.75) is 44.6 Å².